The highest BCUT2D eigenvalue weighted by atomic mass is 35.5. The van der Waals surface area contributed by atoms with E-state index in [1.807, 2.05) is 24.3 Å². The molecule has 0 aliphatic carbocycles. The van der Waals surface area contributed by atoms with Gasteiger partial charge in [-0.15, -0.1) is 24.8 Å². The predicted molar refractivity (Wildman–Crippen MR) is 105 cm³/mol. The van der Waals surface area contributed by atoms with E-state index in [0.717, 1.165) is 32.7 Å². The maximum absolute atomic E-state index is 12.9. The molecule has 0 atom stereocenters. The Bertz CT molecular complexity index is 675. The molecule has 4 nitrogen and oxygen atoms in total. The number of halogens is 3. The van der Waals surface area contributed by atoms with Gasteiger partial charge >= 0.3 is 0 Å². The smallest absolute Gasteiger partial charge is 0.200 e. The Morgan fingerprint density at radius 3 is 2.23 bits per heavy atom. The molecule has 1 saturated heterocycles. The number of carbonyl (C=O) groups is 1. The lowest BCUT2D eigenvalue weighted by Gasteiger charge is -2.27. The second kappa shape index (κ2) is 11.1. The van der Waals surface area contributed by atoms with E-state index in [9.17, 15) is 9.18 Å². The fourth-order valence-electron chi connectivity index (χ4n) is 2.69. The Hall–Kier alpha value is -1.66. The van der Waals surface area contributed by atoms with E-state index >= 15 is 0 Å². The van der Waals surface area contributed by atoms with Gasteiger partial charge in [0.2, 0.25) is 0 Å². The zero-order valence-electron chi connectivity index (χ0n) is 14.3. The van der Waals surface area contributed by atoms with Gasteiger partial charge in [0.25, 0.3) is 0 Å². The Morgan fingerprint density at radius 2 is 1.62 bits per heavy atom. The van der Waals surface area contributed by atoms with Gasteiger partial charge in [-0.3, -0.25) is 9.69 Å². The maximum atomic E-state index is 12.9. The summed E-state index contributed by atoms with van der Waals surface area (Å²) in [4.78, 5) is 14.4. The molecule has 0 radical (unpaired) electrons. The van der Waals surface area contributed by atoms with Crippen LogP contribution in [-0.2, 0) is 6.54 Å². The van der Waals surface area contributed by atoms with Crippen molar-refractivity contribution >= 4 is 30.6 Å². The molecule has 2 aromatic rings. The summed E-state index contributed by atoms with van der Waals surface area (Å²) < 4.78 is 18.4. The van der Waals surface area contributed by atoms with Crippen molar-refractivity contribution in [3.05, 3.63) is 65.5 Å². The van der Waals surface area contributed by atoms with E-state index in [1.54, 1.807) is 0 Å². The van der Waals surface area contributed by atoms with Gasteiger partial charge in [-0.1, -0.05) is 12.1 Å². The summed E-state index contributed by atoms with van der Waals surface area (Å²) in [5.41, 5.74) is 1.68. The van der Waals surface area contributed by atoms with Crippen LogP contribution in [0.3, 0.4) is 0 Å². The van der Waals surface area contributed by atoms with Crippen molar-refractivity contribution in [3.8, 4) is 5.75 Å². The normalized spacial score (nSPS) is 14.0. The van der Waals surface area contributed by atoms with Crippen LogP contribution >= 0.6 is 24.8 Å². The molecule has 1 aliphatic rings. The number of piperazine rings is 1. The molecule has 0 amide bonds. The molecule has 7 heteroatoms. The van der Waals surface area contributed by atoms with E-state index in [2.05, 4.69) is 10.2 Å². The van der Waals surface area contributed by atoms with Crippen molar-refractivity contribution in [2.45, 2.75) is 6.54 Å². The number of rotatable bonds is 6. The summed E-state index contributed by atoms with van der Waals surface area (Å²) in [6, 6.07) is 13.3. The third-order valence-electron chi connectivity index (χ3n) is 4.08. The van der Waals surface area contributed by atoms with Crippen molar-refractivity contribution in [1.82, 2.24) is 10.2 Å². The second-order valence-electron chi connectivity index (χ2n) is 5.89. The van der Waals surface area contributed by atoms with E-state index in [0.29, 0.717) is 11.3 Å². The first-order valence-corrected chi connectivity index (χ1v) is 8.14. The van der Waals surface area contributed by atoms with Crippen LogP contribution in [-0.4, -0.2) is 43.5 Å². The molecule has 1 heterocycles. The zero-order chi connectivity index (χ0) is 16.8. The number of ketones is 1. The molecular formula is C19H23Cl2FN2O2. The molecule has 0 aromatic heterocycles. The molecular weight excluding hydrogens is 378 g/mol. The van der Waals surface area contributed by atoms with Gasteiger partial charge in [0, 0.05) is 38.3 Å². The first-order chi connectivity index (χ1) is 11.7. The lowest BCUT2D eigenvalue weighted by atomic mass is 10.1. The van der Waals surface area contributed by atoms with Crippen molar-refractivity contribution < 1.29 is 13.9 Å². The molecule has 2 aromatic carbocycles. The third kappa shape index (κ3) is 6.57. The largest absolute Gasteiger partial charge is 0.485 e. The van der Waals surface area contributed by atoms with Crippen LogP contribution in [0.1, 0.15) is 15.9 Å². The molecule has 1 fully saturated rings. The first kappa shape index (κ1) is 22.4. The lowest BCUT2D eigenvalue weighted by Crippen LogP contribution is -2.42. The van der Waals surface area contributed by atoms with E-state index in [1.165, 1.54) is 29.8 Å². The fourth-order valence-corrected chi connectivity index (χ4v) is 2.69. The highest BCUT2D eigenvalue weighted by Crippen LogP contribution is 2.15. The molecule has 142 valence electrons. The number of hydrogen-bond acceptors (Lipinski definition) is 4. The summed E-state index contributed by atoms with van der Waals surface area (Å²) in [5, 5.41) is 3.34. The summed E-state index contributed by atoms with van der Waals surface area (Å²) in [7, 11) is 0. The van der Waals surface area contributed by atoms with Gasteiger partial charge in [-0.2, -0.15) is 0 Å². The second-order valence-corrected chi connectivity index (χ2v) is 5.89. The minimum atomic E-state index is -0.354. The number of carbonyl (C=O) groups excluding carboxylic acids is 1. The summed E-state index contributed by atoms with van der Waals surface area (Å²) >= 11 is 0. The minimum Gasteiger partial charge on any atom is -0.485 e. The van der Waals surface area contributed by atoms with Crippen LogP contribution in [0.25, 0.3) is 0 Å². The molecule has 1 N–H and O–H groups in total. The number of benzene rings is 2. The Morgan fingerprint density at radius 1 is 1.00 bits per heavy atom. The topological polar surface area (TPSA) is 41.6 Å². The number of ether oxygens (including phenoxy) is 1. The number of nitrogens with zero attached hydrogens (tertiary/aromatic N) is 1. The summed E-state index contributed by atoms with van der Waals surface area (Å²) in [6.07, 6.45) is 0. The van der Waals surface area contributed by atoms with Crippen molar-refractivity contribution in [2.24, 2.45) is 0 Å². The zero-order valence-corrected chi connectivity index (χ0v) is 16.0. The van der Waals surface area contributed by atoms with Gasteiger partial charge in [-0.05, 0) is 42.0 Å². The average Bonchev–Trinajstić information content (AvgIpc) is 2.62. The molecule has 0 spiro atoms. The highest BCUT2D eigenvalue weighted by molar-refractivity contribution is 5.97. The van der Waals surface area contributed by atoms with Gasteiger partial charge in [0.1, 0.15) is 11.6 Å². The van der Waals surface area contributed by atoms with Crippen molar-refractivity contribution in [1.29, 1.82) is 0 Å². The van der Waals surface area contributed by atoms with E-state index < -0.39 is 0 Å². The monoisotopic (exact) mass is 400 g/mol. The van der Waals surface area contributed by atoms with Crippen LogP contribution in [0.4, 0.5) is 4.39 Å². The van der Waals surface area contributed by atoms with Crippen LogP contribution in [0.15, 0.2) is 48.5 Å². The Labute approximate surface area is 165 Å². The molecule has 0 unspecified atom stereocenters. The standard InChI is InChI=1S/C19H21FN2O2.2ClH/c20-17-5-3-16(4-6-17)19(23)14-24-18-7-1-15(2-8-18)13-22-11-9-21-10-12-22;;/h1-8,21H,9-14H2;2*1H. The van der Waals surface area contributed by atoms with Crippen LogP contribution in [0.2, 0.25) is 0 Å². The predicted octanol–water partition coefficient (Wildman–Crippen LogP) is 3.34. The fraction of sp³-hybridized carbons (Fsp3) is 0.316. The first-order valence-electron chi connectivity index (χ1n) is 8.14. The SMILES string of the molecule is Cl.Cl.O=C(COc1ccc(CN2CCNCC2)cc1)c1ccc(F)cc1. The molecule has 1 aliphatic heterocycles. The van der Waals surface area contributed by atoms with Crippen LogP contribution in [0, 0.1) is 5.82 Å². The Balaban J connectivity index is 0.00000169. The average molecular weight is 401 g/mol. The van der Waals surface area contributed by atoms with Crippen molar-refractivity contribution in [3.63, 3.8) is 0 Å². The van der Waals surface area contributed by atoms with Gasteiger partial charge in [-0.25, -0.2) is 4.39 Å². The molecule has 3 rings (SSSR count). The molecule has 26 heavy (non-hydrogen) atoms. The van der Waals surface area contributed by atoms with Gasteiger partial charge in [0.05, 0.1) is 0 Å². The summed E-state index contributed by atoms with van der Waals surface area (Å²) in [5.74, 6) is 0.141. The highest BCUT2D eigenvalue weighted by Gasteiger charge is 2.10. The molecule has 0 saturated carbocycles. The van der Waals surface area contributed by atoms with Crippen LogP contribution in [0.5, 0.6) is 5.75 Å². The number of nitrogens with one attached hydrogen (secondary N) is 1. The lowest BCUT2D eigenvalue weighted by molar-refractivity contribution is 0.0921. The number of hydrogen-bond donors (Lipinski definition) is 1. The van der Waals surface area contributed by atoms with Gasteiger partial charge < -0.3 is 10.1 Å². The maximum Gasteiger partial charge on any atom is 0.200 e. The van der Waals surface area contributed by atoms with E-state index in [4.69, 9.17) is 4.74 Å². The van der Waals surface area contributed by atoms with Gasteiger partial charge in [0.15, 0.2) is 12.4 Å². The Kier molecular flexibility index (Phi) is 9.59. The van der Waals surface area contributed by atoms with Crippen molar-refractivity contribution in [2.75, 3.05) is 32.8 Å². The quantitative estimate of drug-likeness (QED) is 0.754. The van der Waals surface area contributed by atoms with Crippen LogP contribution < -0.4 is 10.1 Å². The number of Topliss-reactive ketones (excluding diaryl/α,β-unsaturated/α-hetero) is 1. The summed E-state index contributed by atoms with van der Waals surface area (Å²) in [6.45, 7) is 5.06. The van der Waals surface area contributed by atoms with E-state index in [-0.39, 0.29) is 43.0 Å². The molecule has 0 bridgehead atoms. The third-order valence-corrected chi connectivity index (χ3v) is 4.08. The minimum absolute atomic E-state index is 0.